The Hall–Kier alpha value is -4.18. The first-order valence-electron chi connectivity index (χ1n) is 10.9. The number of aromatic nitrogens is 2. The SMILES string of the molecule is CC(C(=O)Nc1cc(-c2cccnc2)cc(C#Cc2ccccc2)n1)N(CC(C)(C)C)C(=O)O. The fraction of sp³-hybridized carbons (Fsp3) is 0.259. The van der Waals surface area contributed by atoms with Crippen molar-refractivity contribution >= 4 is 17.8 Å². The Morgan fingerprint density at radius 3 is 2.41 bits per heavy atom. The third-order valence-electron chi connectivity index (χ3n) is 4.92. The second kappa shape index (κ2) is 10.6. The molecule has 7 heteroatoms. The fourth-order valence-corrected chi connectivity index (χ4v) is 3.27. The predicted octanol–water partition coefficient (Wildman–Crippen LogP) is 4.90. The molecule has 0 bridgehead atoms. The van der Waals surface area contributed by atoms with Gasteiger partial charge in [-0.3, -0.25) is 14.7 Å². The van der Waals surface area contributed by atoms with Crippen LogP contribution in [0.2, 0.25) is 0 Å². The van der Waals surface area contributed by atoms with Crippen molar-refractivity contribution < 1.29 is 14.7 Å². The summed E-state index contributed by atoms with van der Waals surface area (Å²) in [5.74, 6) is 5.94. The first-order chi connectivity index (χ1) is 16.1. The summed E-state index contributed by atoms with van der Waals surface area (Å²) in [4.78, 5) is 34.6. The van der Waals surface area contributed by atoms with Crippen molar-refractivity contribution in [3.8, 4) is 23.0 Å². The highest BCUT2D eigenvalue weighted by atomic mass is 16.4. The lowest BCUT2D eigenvalue weighted by Gasteiger charge is -2.31. The summed E-state index contributed by atoms with van der Waals surface area (Å²) in [7, 11) is 0. The van der Waals surface area contributed by atoms with E-state index in [2.05, 4.69) is 27.1 Å². The van der Waals surface area contributed by atoms with Gasteiger partial charge in [0.1, 0.15) is 17.6 Å². The van der Waals surface area contributed by atoms with Gasteiger partial charge in [0, 0.05) is 30.1 Å². The van der Waals surface area contributed by atoms with E-state index in [-0.39, 0.29) is 17.8 Å². The van der Waals surface area contributed by atoms with Crippen molar-refractivity contribution in [3.05, 3.63) is 78.2 Å². The molecule has 2 amide bonds. The Labute approximate surface area is 199 Å². The molecule has 0 spiro atoms. The third kappa shape index (κ3) is 6.91. The molecule has 1 atom stereocenters. The zero-order valence-corrected chi connectivity index (χ0v) is 19.7. The monoisotopic (exact) mass is 456 g/mol. The Kier molecular flexibility index (Phi) is 7.64. The van der Waals surface area contributed by atoms with E-state index in [4.69, 9.17) is 0 Å². The van der Waals surface area contributed by atoms with Crippen LogP contribution in [0.5, 0.6) is 0 Å². The summed E-state index contributed by atoms with van der Waals surface area (Å²) >= 11 is 0. The van der Waals surface area contributed by atoms with Crippen molar-refractivity contribution in [3.63, 3.8) is 0 Å². The van der Waals surface area contributed by atoms with Gasteiger partial charge in [-0.25, -0.2) is 9.78 Å². The summed E-state index contributed by atoms with van der Waals surface area (Å²) in [6, 6.07) is 15.9. The fourth-order valence-electron chi connectivity index (χ4n) is 3.27. The molecule has 3 rings (SSSR count). The van der Waals surface area contributed by atoms with Crippen LogP contribution < -0.4 is 5.32 Å². The Morgan fingerprint density at radius 2 is 1.79 bits per heavy atom. The molecule has 0 saturated heterocycles. The molecular weight excluding hydrogens is 428 g/mol. The van der Waals surface area contributed by atoms with Crippen LogP contribution in [0.3, 0.4) is 0 Å². The number of rotatable bonds is 5. The van der Waals surface area contributed by atoms with Crippen molar-refractivity contribution in [2.75, 3.05) is 11.9 Å². The van der Waals surface area contributed by atoms with Crippen LogP contribution in [0, 0.1) is 17.3 Å². The number of carbonyl (C=O) groups is 2. The van der Waals surface area contributed by atoms with Crippen LogP contribution in [0.4, 0.5) is 10.6 Å². The number of hydrogen-bond donors (Lipinski definition) is 2. The molecule has 0 saturated carbocycles. The van der Waals surface area contributed by atoms with Crippen LogP contribution in [-0.2, 0) is 4.79 Å². The molecule has 0 aliphatic rings. The molecular formula is C27H28N4O3. The first kappa shape index (κ1) is 24.5. The highest BCUT2D eigenvalue weighted by Crippen LogP contribution is 2.23. The maximum absolute atomic E-state index is 13.0. The zero-order chi connectivity index (χ0) is 24.7. The van der Waals surface area contributed by atoms with E-state index in [1.54, 1.807) is 25.4 Å². The zero-order valence-electron chi connectivity index (χ0n) is 19.7. The summed E-state index contributed by atoms with van der Waals surface area (Å²) in [5.41, 5.74) is 2.64. The van der Waals surface area contributed by atoms with E-state index in [0.29, 0.717) is 5.69 Å². The quantitative estimate of drug-likeness (QED) is 0.533. The van der Waals surface area contributed by atoms with Crippen molar-refractivity contribution in [2.45, 2.75) is 33.7 Å². The Morgan fingerprint density at radius 1 is 1.06 bits per heavy atom. The summed E-state index contributed by atoms with van der Waals surface area (Å²) in [5, 5.41) is 12.4. The highest BCUT2D eigenvalue weighted by Gasteiger charge is 2.29. The molecule has 34 heavy (non-hydrogen) atoms. The first-order valence-corrected chi connectivity index (χ1v) is 10.9. The van der Waals surface area contributed by atoms with Crippen LogP contribution in [0.1, 0.15) is 39.0 Å². The molecule has 7 nitrogen and oxygen atoms in total. The molecule has 2 N–H and O–H groups in total. The lowest BCUT2D eigenvalue weighted by molar-refractivity contribution is -0.120. The molecule has 2 aromatic heterocycles. The summed E-state index contributed by atoms with van der Waals surface area (Å²) in [6.07, 6.45) is 2.25. The lowest BCUT2D eigenvalue weighted by Crippen LogP contribution is -2.48. The van der Waals surface area contributed by atoms with E-state index in [9.17, 15) is 14.7 Å². The van der Waals surface area contributed by atoms with E-state index >= 15 is 0 Å². The second-order valence-corrected chi connectivity index (χ2v) is 9.12. The minimum Gasteiger partial charge on any atom is -0.465 e. The normalized spacial score (nSPS) is 11.6. The van der Waals surface area contributed by atoms with Gasteiger partial charge in [0.2, 0.25) is 5.91 Å². The number of hydrogen-bond acceptors (Lipinski definition) is 4. The molecule has 3 aromatic rings. The lowest BCUT2D eigenvalue weighted by atomic mass is 9.95. The molecule has 0 fully saturated rings. The number of benzene rings is 1. The minimum absolute atomic E-state index is 0.216. The molecule has 0 aliphatic carbocycles. The van der Waals surface area contributed by atoms with Gasteiger partial charge in [0.25, 0.3) is 0 Å². The summed E-state index contributed by atoms with van der Waals surface area (Å²) < 4.78 is 0. The number of pyridine rings is 2. The van der Waals surface area contributed by atoms with E-state index in [1.165, 1.54) is 0 Å². The van der Waals surface area contributed by atoms with Gasteiger partial charge in [-0.15, -0.1) is 0 Å². The maximum Gasteiger partial charge on any atom is 0.407 e. The number of amides is 2. The van der Waals surface area contributed by atoms with Gasteiger partial charge < -0.3 is 10.4 Å². The average Bonchev–Trinajstić information content (AvgIpc) is 2.81. The predicted molar refractivity (Wildman–Crippen MR) is 132 cm³/mol. The Balaban J connectivity index is 1.93. The molecule has 1 unspecified atom stereocenters. The third-order valence-corrected chi connectivity index (χ3v) is 4.92. The molecule has 0 radical (unpaired) electrons. The van der Waals surface area contributed by atoms with Crippen molar-refractivity contribution in [2.24, 2.45) is 5.41 Å². The van der Waals surface area contributed by atoms with Crippen molar-refractivity contribution in [1.29, 1.82) is 0 Å². The van der Waals surface area contributed by atoms with Gasteiger partial charge in [-0.2, -0.15) is 0 Å². The van der Waals surface area contributed by atoms with Gasteiger partial charge in [-0.05, 0) is 54.2 Å². The minimum atomic E-state index is -1.15. The van der Waals surface area contributed by atoms with Gasteiger partial charge in [0.05, 0.1) is 0 Å². The highest BCUT2D eigenvalue weighted by molar-refractivity contribution is 5.96. The number of nitrogens with zero attached hydrogens (tertiary/aromatic N) is 3. The molecule has 2 heterocycles. The van der Waals surface area contributed by atoms with Gasteiger partial charge >= 0.3 is 6.09 Å². The van der Waals surface area contributed by atoms with Crippen LogP contribution in [0.15, 0.2) is 67.0 Å². The van der Waals surface area contributed by atoms with Crippen molar-refractivity contribution in [1.82, 2.24) is 14.9 Å². The van der Waals surface area contributed by atoms with Crippen LogP contribution in [-0.4, -0.2) is 44.6 Å². The van der Waals surface area contributed by atoms with Gasteiger partial charge in [0.15, 0.2) is 0 Å². The van der Waals surface area contributed by atoms with E-state index < -0.39 is 18.0 Å². The van der Waals surface area contributed by atoms with Crippen LogP contribution >= 0.6 is 0 Å². The standard InChI is InChI=1S/C27H28N4O3/c1-19(31(26(33)34)18-27(2,3)4)25(32)30-24-16-22(21-11-8-14-28-17-21)15-23(29-24)13-12-20-9-6-5-7-10-20/h5-11,14-17,19H,18H2,1-4H3,(H,33,34)(H,29,30,32). The largest absolute Gasteiger partial charge is 0.465 e. The van der Waals surface area contributed by atoms with Crippen LogP contribution in [0.25, 0.3) is 11.1 Å². The van der Waals surface area contributed by atoms with Gasteiger partial charge in [-0.1, -0.05) is 51.0 Å². The average molecular weight is 457 g/mol. The second-order valence-electron chi connectivity index (χ2n) is 9.12. The Bertz CT molecular complexity index is 1210. The molecule has 1 aromatic carbocycles. The number of carbonyl (C=O) groups excluding carboxylic acids is 1. The molecule has 0 aliphatic heterocycles. The maximum atomic E-state index is 13.0. The van der Waals surface area contributed by atoms with E-state index in [1.807, 2.05) is 69.3 Å². The topological polar surface area (TPSA) is 95.4 Å². The number of carboxylic acid groups (broad SMARTS) is 1. The molecule has 174 valence electrons. The number of anilines is 1. The smallest absolute Gasteiger partial charge is 0.407 e. The number of nitrogens with one attached hydrogen (secondary N) is 1. The van der Waals surface area contributed by atoms with E-state index in [0.717, 1.165) is 21.6 Å². The summed E-state index contributed by atoms with van der Waals surface area (Å²) in [6.45, 7) is 7.54.